The fourth-order valence-corrected chi connectivity index (χ4v) is 7.37. The second-order valence-electron chi connectivity index (χ2n) is 15.3. The number of aryl methyl sites for hydroxylation is 3. The van der Waals surface area contributed by atoms with Gasteiger partial charge in [0.2, 0.25) is 0 Å². The van der Waals surface area contributed by atoms with Crippen LogP contribution in [0.5, 0.6) is 17.2 Å². The maximum atomic E-state index is 12.2. The molecular weight excluding hydrogens is 756 g/mol. The van der Waals surface area contributed by atoms with Crippen LogP contribution in [-0.4, -0.2) is 137 Å². The number of aromatic hydroxyl groups is 3. The highest BCUT2D eigenvalue weighted by Gasteiger charge is 2.41. The van der Waals surface area contributed by atoms with Gasteiger partial charge in [-0.1, -0.05) is 34.9 Å². The number of primary amides is 3. The third-order valence-corrected chi connectivity index (χ3v) is 10.8. The van der Waals surface area contributed by atoms with Crippen molar-refractivity contribution in [2.45, 2.75) is 63.6 Å². The number of aliphatic hydroxyl groups excluding tert-OH is 3. The highest BCUT2D eigenvalue weighted by molar-refractivity contribution is 5.87. The lowest BCUT2D eigenvalue weighted by atomic mass is 9.89. The van der Waals surface area contributed by atoms with Crippen LogP contribution in [0, 0.1) is 20.8 Å². The molecule has 15 N–H and O–H groups in total. The predicted molar refractivity (Wildman–Crippen MR) is 210 cm³/mol. The van der Waals surface area contributed by atoms with E-state index in [1.165, 1.54) is 18.2 Å². The van der Waals surface area contributed by atoms with Crippen LogP contribution in [-0.2, 0) is 50.8 Å². The molecule has 1 fully saturated rings. The van der Waals surface area contributed by atoms with E-state index in [0.29, 0.717) is 79.1 Å². The van der Waals surface area contributed by atoms with Gasteiger partial charge in [0.05, 0.1) is 19.8 Å². The summed E-state index contributed by atoms with van der Waals surface area (Å²) in [4.78, 5) is 42.7. The Kier molecular flexibility index (Phi) is 14.5. The van der Waals surface area contributed by atoms with Gasteiger partial charge in [0.25, 0.3) is 17.7 Å². The molecule has 18 nitrogen and oxygen atoms in total. The van der Waals surface area contributed by atoms with Gasteiger partial charge < -0.3 is 63.2 Å². The van der Waals surface area contributed by atoms with Crippen LogP contribution in [0.4, 0.5) is 0 Å². The van der Waals surface area contributed by atoms with Crippen molar-refractivity contribution in [3.05, 3.63) is 86.5 Å². The van der Waals surface area contributed by atoms with Gasteiger partial charge in [-0.25, -0.2) is 0 Å². The molecule has 3 aromatic carbocycles. The standard InChI is InChI=1S/C40H56N6O12/c1-23-11-26(32(50)29(14-23)38(56,20-47)35(41)53)17-44-5-4-6-45(18-27-12-24(2)15-30(33(27)51)39(57,21-48)36(42)54)8-10-46(9-7-44)19-28-13-25(3)16-31(34(28)52)40(58,22-49)37(43)55/h11-16,47-52,56-58H,4-10,17-22H2,1-3H3,(H2,41,53)(H2,42,54)(H2,43,55). The molecule has 0 aromatic heterocycles. The number of nitrogens with zero attached hydrogens (tertiary/aromatic N) is 3. The first-order valence-corrected chi connectivity index (χ1v) is 18.7. The second kappa shape index (κ2) is 18.4. The number of phenolic OH excluding ortho intramolecular Hbond substituents is 3. The lowest BCUT2D eigenvalue weighted by Crippen LogP contribution is -2.45. The zero-order chi connectivity index (χ0) is 43.3. The molecule has 3 unspecified atom stereocenters. The molecule has 3 aromatic rings. The molecule has 1 aliphatic rings. The zero-order valence-electron chi connectivity index (χ0n) is 33.0. The van der Waals surface area contributed by atoms with E-state index in [9.17, 15) is 60.3 Å². The van der Waals surface area contributed by atoms with Crippen molar-refractivity contribution in [2.75, 3.05) is 59.1 Å². The summed E-state index contributed by atoms with van der Waals surface area (Å²) >= 11 is 0. The number of hydrogen-bond donors (Lipinski definition) is 12. The summed E-state index contributed by atoms with van der Waals surface area (Å²) < 4.78 is 0. The number of rotatable bonds is 15. The first-order valence-electron chi connectivity index (χ1n) is 18.7. The van der Waals surface area contributed by atoms with Gasteiger partial charge >= 0.3 is 0 Å². The Morgan fingerprint density at radius 3 is 0.966 bits per heavy atom. The number of benzene rings is 3. The van der Waals surface area contributed by atoms with E-state index in [0.717, 1.165) is 0 Å². The van der Waals surface area contributed by atoms with Gasteiger partial charge in [-0.05, 0) is 58.5 Å². The molecule has 1 aliphatic heterocycles. The van der Waals surface area contributed by atoms with Crippen molar-refractivity contribution in [1.29, 1.82) is 0 Å². The van der Waals surface area contributed by atoms with Crippen LogP contribution in [0.15, 0.2) is 36.4 Å². The monoisotopic (exact) mass is 812 g/mol. The average molecular weight is 813 g/mol. The first-order chi connectivity index (χ1) is 27.1. The summed E-state index contributed by atoms with van der Waals surface area (Å²) in [6.45, 7) is 4.67. The Bertz CT molecular complexity index is 1920. The maximum absolute atomic E-state index is 12.2. The summed E-state index contributed by atoms with van der Waals surface area (Å²) in [5.41, 5.74) is 10.7. The van der Waals surface area contributed by atoms with Crippen LogP contribution in [0.1, 0.15) is 56.5 Å². The Balaban J connectivity index is 1.74. The predicted octanol–water partition coefficient (Wildman–Crippen LogP) is -2.07. The molecule has 0 spiro atoms. The SMILES string of the molecule is Cc1cc(CN2CCCN(Cc3cc(C)cc(C(O)(CO)C(N)=O)c3O)CCN(Cc3cc(C)cc(C(O)(CO)C(N)=O)c3O)CC2)c(O)c(C(O)(CO)C(N)=O)c1. The molecule has 0 bridgehead atoms. The number of phenols is 3. The Morgan fingerprint density at radius 1 is 0.500 bits per heavy atom. The number of carbonyl (C=O) groups is 3. The van der Waals surface area contributed by atoms with Crippen molar-refractivity contribution >= 4 is 17.7 Å². The topological polar surface area (TPSA) is 321 Å². The number of carbonyl (C=O) groups excluding carboxylic acids is 3. The quantitative estimate of drug-likeness (QED) is 0.0785. The Hall–Kier alpha value is -4.89. The van der Waals surface area contributed by atoms with E-state index >= 15 is 0 Å². The van der Waals surface area contributed by atoms with E-state index < -0.39 is 71.6 Å². The molecule has 3 amide bonds. The lowest BCUT2D eigenvalue weighted by molar-refractivity contribution is -0.142. The highest BCUT2D eigenvalue weighted by atomic mass is 16.4. The second-order valence-corrected chi connectivity index (χ2v) is 15.3. The van der Waals surface area contributed by atoms with Crippen LogP contribution < -0.4 is 17.2 Å². The normalized spacial score (nSPS) is 18.2. The highest BCUT2D eigenvalue weighted by Crippen LogP contribution is 2.37. The molecule has 318 valence electrons. The largest absolute Gasteiger partial charge is 0.507 e. The van der Waals surface area contributed by atoms with Gasteiger partial charge in [0, 0.05) is 79.2 Å². The van der Waals surface area contributed by atoms with Gasteiger partial charge in [0.15, 0.2) is 16.8 Å². The minimum absolute atomic E-state index is 0.0897. The van der Waals surface area contributed by atoms with E-state index in [1.54, 1.807) is 39.0 Å². The van der Waals surface area contributed by atoms with E-state index in [-0.39, 0.29) is 36.3 Å². The van der Waals surface area contributed by atoms with E-state index in [2.05, 4.69) is 0 Å². The van der Waals surface area contributed by atoms with Crippen LogP contribution in [0.2, 0.25) is 0 Å². The molecular formula is C40H56N6O12. The van der Waals surface area contributed by atoms with Crippen LogP contribution >= 0.6 is 0 Å². The summed E-state index contributed by atoms with van der Waals surface area (Å²) in [7, 11) is 0. The van der Waals surface area contributed by atoms with Crippen molar-refractivity contribution < 1.29 is 60.3 Å². The van der Waals surface area contributed by atoms with Crippen molar-refractivity contribution in [3.8, 4) is 17.2 Å². The van der Waals surface area contributed by atoms with Crippen molar-refractivity contribution in [3.63, 3.8) is 0 Å². The first kappa shape index (κ1) is 45.8. The Morgan fingerprint density at radius 2 is 0.741 bits per heavy atom. The maximum Gasteiger partial charge on any atom is 0.256 e. The molecule has 4 rings (SSSR count). The Labute approximate surface area is 336 Å². The van der Waals surface area contributed by atoms with E-state index in [1.807, 2.05) is 14.7 Å². The molecule has 3 atom stereocenters. The third-order valence-electron chi connectivity index (χ3n) is 10.8. The van der Waals surface area contributed by atoms with Gasteiger partial charge in [-0.15, -0.1) is 0 Å². The van der Waals surface area contributed by atoms with Crippen molar-refractivity contribution in [2.24, 2.45) is 17.2 Å². The molecule has 0 saturated carbocycles. The summed E-state index contributed by atoms with van der Waals surface area (Å²) in [5, 5.41) is 96.5. The number of nitrogens with two attached hydrogens (primary N) is 3. The summed E-state index contributed by atoms with van der Waals surface area (Å²) in [6, 6.07) is 9.16. The zero-order valence-corrected chi connectivity index (χ0v) is 33.0. The van der Waals surface area contributed by atoms with Crippen LogP contribution in [0.25, 0.3) is 0 Å². The average Bonchev–Trinajstić information content (AvgIpc) is 3.17. The third kappa shape index (κ3) is 9.52. The van der Waals surface area contributed by atoms with Crippen molar-refractivity contribution in [1.82, 2.24) is 14.7 Å². The fourth-order valence-electron chi connectivity index (χ4n) is 7.37. The fraction of sp³-hybridized carbons (Fsp3) is 0.475. The number of aliphatic hydroxyl groups is 6. The van der Waals surface area contributed by atoms with Gasteiger partial charge in [-0.3, -0.25) is 29.1 Å². The molecule has 1 heterocycles. The summed E-state index contributed by atoms with van der Waals surface area (Å²) in [5.74, 6) is -4.99. The molecule has 0 aliphatic carbocycles. The smallest absolute Gasteiger partial charge is 0.256 e. The molecule has 0 radical (unpaired) electrons. The molecule has 18 heteroatoms. The van der Waals surface area contributed by atoms with E-state index in [4.69, 9.17) is 17.2 Å². The van der Waals surface area contributed by atoms with Gasteiger partial charge in [-0.2, -0.15) is 0 Å². The number of hydrogen-bond acceptors (Lipinski definition) is 15. The summed E-state index contributed by atoms with van der Waals surface area (Å²) in [6.07, 6.45) is 0.567. The molecule has 58 heavy (non-hydrogen) atoms. The lowest BCUT2D eigenvalue weighted by Gasteiger charge is -2.34. The molecule has 1 saturated heterocycles. The van der Waals surface area contributed by atoms with Gasteiger partial charge in [0.1, 0.15) is 17.2 Å². The number of amides is 3. The minimum atomic E-state index is -2.55. The minimum Gasteiger partial charge on any atom is -0.507 e. The van der Waals surface area contributed by atoms with Crippen LogP contribution in [0.3, 0.4) is 0 Å².